The Bertz CT molecular complexity index is 840. The third-order valence-electron chi connectivity index (χ3n) is 4.62. The van der Waals surface area contributed by atoms with Crippen molar-refractivity contribution >= 4 is 11.5 Å². The zero-order valence-corrected chi connectivity index (χ0v) is 14.7. The Labute approximate surface area is 149 Å². The van der Waals surface area contributed by atoms with Gasteiger partial charge in [-0.3, -0.25) is 4.79 Å². The summed E-state index contributed by atoms with van der Waals surface area (Å²) in [5.41, 5.74) is 5.41. The van der Waals surface area contributed by atoms with Crippen LogP contribution in [0.2, 0.25) is 0 Å². The number of anilines is 1. The summed E-state index contributed by atoms with van der Waals surface area (Å²) in [4.78, 5) is 12.7. The Hall–Kier alpha value is -2.87. The van der Waals surface area contributed by atoms with E-state index in [2.05, 4.69) is 43.4 Å². The average Bonchev–Trinajstić information content (AvgIpc) is 2.66. The highest BCUT2D eigenvalue weighted by Crippen LogP contribution is 2.27. The Kier molecular flexibility index (Phi) is 5.30. The molecule has 25 heavy (non-hydrogen) atoms. The molecule has 3 aromatic carbocycles. The molecule has 3 aromatic rings. The predicted molar refractivity (Wildman–Crippen MR) is 104 cm³/mol. The number of benzene rings is 3. The minimum atomic E-state index is -0.0607. The number of carbonyl (C=O) groups is 1. The van der Waals surface area contributed by atoms with Crippen LogP contribution < -0.4 is 5.32 Å². The van der Waals surface area contributed by atoms with Gasteiger partial charge in [-0.05, 0) is 36.6 Å². The molecule has 0 unspecified atom stereocenters. The van der Waals surface area contributed by atoms with Gasteiger partial charge in [0, 0.05) is 17.7 Å². The fourth-order valence-corrected chi connectivity index (χ4v) is 2.96. The number of rotatable bonds is 6. The van der Waals surface area contributed by atoms with E-state index in [-0.39, 0.29) is 11.8 Å². The Morgan fingerprint density at radius 1 is 0.840 bits per heavy atom. The average molecular weight is 329 g/mol. The van der Waals surface area contributed by atoms with Crippen LogP contribution in [0.3, 0.4) is 0 Å². The van der Waals surface area contributed by atoms with Crippen molar-refractivity contribution in [2.24, 2.45) is 0 Å². The molecule has 0 aromatic heterocycles. The van der Waals surface area contributed by atoms with Crippen LogP contribution in [0.25, 0.3) is 0 Å². The molecule has 0 radical (unpaired) electrons. The van der Waals surface area contributed by atoms with Gasteiger partial charge in [-0.15, -0.1) is 0 Å². The second kappa shape index (κ2) is 7.80. The summed E-state index contributed by atoms with van der Waals surface area (Å²) in [7, 11) is 0. The molecule has 0 saturated carbocycles. The molecule has 2 nitrogen and oxygen atoms in total. The van der Waals surface area contributed by atoms with Gasteiger partial charge in [0.05, 0.1) is 6.04 Å². The van der Waals surface area contributed by atoms with Gasteiger partial charge in [0.2, 0.25) is 0 Å². The monoisotopic (exact) mass is 329 g/mol. The molecule has 0 saturated heterocycles. The van der Waals surface area contributed by atoms with Gasteiger partial charge >= 0.3 is 0 Å². The van der Waals surface area contributed by atoms with Crippen molar-refractivity contribution in [3.05, 3.63) is 101 Å². The lowest BCUT2D eigenvalue weighted by molar-refractivity contribution is 0.0976. The predicted octanol–water partition coefficient (Wildman–Crippen LogP) is 5.73. The second-order valence-electron chi connectivity index (χ2n) is 6.35. The number of hydrogen-bond donors (Lipinski definition) is 1. The summed E-state index contributed by atoms with van der Waals surface area (Å²) in [6, 6.07) is 25.8. The lowest BCUT2D eigenvalue weighted by Crippen LogP contribution is -2.16. The second-order valence-corrected chi connectivity index (χ2v) is 6.35. The lowest BCUT2D eigenvalue weighted by Gasteiger charge is -2.22. The molecular weight excluding hydrogens is 306 g/mol. The topological polar surface area (TPSA) is 29.1 Å². The molecule has 0 fully saturated rings. The van der Waals surface area contributed by atoms with Crippen molar-refractivity contribution in [3.63, 3.8) is 0 Å². The summed E-state index contributed by atoms with van der Waals surface area (Å²) in [5.74, 6) is 0.146. The van der Waals surface area contributed by atoms with Crippen LogP contribution in [0.15, 0.2) is 78.9 Å². The number of aryl methyl sites for hydroxylation is 1. The maximum atomic E-state index is 12.7. The van der Waals surface area contributed by atoms with E-state index in [0.717, 1.165) is 16.8 Å². The first kappa shape index (κ1) is 17.0. The van der Waals surface area contributed by atoms with Crippen molar-refractivity contribution in [3.8, 4) is 0 Å². The van der Waals surface area contributed by atoms with Crippen LogP contribution in [-0.2, 0) is 0 Å². The summed E-state index contributed by atoms with van der Waals surface area (Å²) in [6.07, 6.45) is 0.418. The van der Waals surface area contributed by atoms with Crippen molar-refractivity contribution in [2.75, 3.05) is 5.32 Å². The highest BCUT2D eigenvalue weighted by molar-refractivity contribution is 5.96. The van der Waals surface area contributed by atoms with Gasteiger partial charge in [0.25, 0.3) is 0 Å². The fraction of sp³-hybridized carbons (Fsp3) is 0.174. The summed E-state index contributed by atoms with van der Waals surface area (Å²) in [6.45, 7) is 4.21. The van der Waals surface area contributed by atoms with Crippen LogP contribution in [0, 0.1) is 13.8 Å². The first-order chi connectivity index (χ1) is 12.1. The van der Waals surface area contributed by atoms with Gasteiger partial charge in [0.15, 0.2) is 5.78 Å². The lowest BCUT2D eigenvalue weighted by atomic mass is 9.97. The minimum absolute atomic E-state index is 0.0607. The zero-order valence-electron chi connectivity index (χ0n) is 14.7. The highest BCUT2D eigenvalue weighted by Gasteiger charge is 2.18. The van der Waals surface area contributed by atoms with Crippen LogP contribution in [-0.4, -0.2) is 5.78 Å². The van der Waals surface area contributed by atoms with E-state index < -0.39 is 0 Å². The maximum absolute atomic E-state index is 12.7. The molecule has 0 bridgehead atoms. The number of nitrogens with one attached hydrogen (secondary N) is 1. The minimum Gasteiger partial charge on any atom is -0.378 e. The van der Waals surface area contributed by atoms with E-state index in [1.165, 1.54) is 11.1 Å². The van der Waals surface area contributed by atoms with E-state index in [1.54, 1.807) is 0 Å². The maximum Gasteiger partial charge on any atom is 0.165 e. The Balaban J connectivity index is 1.88. The first-order valence-electron chi connectivity index (χ1n) is 8.61. The van der Waals surface area contributed by atoms with Crippen LogP contribution in [0.4, 0.5) is 5.69 Å². The van der Waals surface area contributed by atoms with E-state index in [1.807, 2.05) is 54.6 Å². The summed E-state index contributed by atoms with van der Waals surface area (Å²) in [5, 5.41) is 3.58. The molecule has 126 valence electrons. The number of carbonyl (C=O) groups excluding carboxylic acids is 1. The van der Waals surface area contributed by atoms with Crippen LogP contribution >= 0.6 is 0 Å². The first-order valence-corrected chi connectivity index (χ1v) is 8.61. The van der Waals surface area contributed by atoms with Crippen molar-refractivity contribution in [2.45, 2.75) is 26.3 Å². The van der Waals surface area contributed by atoms with E-state index in [9.17, 15) is 4.79 Å². The van der Waals surface area contributed by atoms with Crippen molar-refractivity contribution < 1.29 is 4.79 Å². The molecule has 0 aliphatic heterocycles. The third kappa shape index (κ3) is 4.16. The third-order valence-corrected chi connectivity index (χ3v) is 4.62. The van der Waals surface area contributed by atoms with Gasteiger partial charge < -0.3 is 5.32 Å². The van der Waals surface area contributed by atoms with Gasteiger partial charge in [-0.25, -0.2) is 0 Å². The molecule has 1 atom stereocenters. The van der Waals surface area contributed by atoms with E-state index in [0.29, 0.717) is 6.42 Å². The Morgan fingerprint density at radius 2 is 1.48 bits per heavy atom. The zero-order chi connectivity index (χ0) is 17.6. The smallest absolute Gasteiger partial charge is 0.165 e. The number of hydrogen-bond acceptors (Lipinski definition) is 2. The molecule has 0 amide bonds. The highest BCUT2D eigenvalue weighted by atomic mass is 16.1. The summed E-state index contributed by atoms with van der Waals surface area (Å²) < 4.78 is 0. The SMILES string of the molecule is Cc1cccc(N[C@@H](CC(=O)c2ccccc2)c2ccccc2)c1C. The van der Waals surface area contributed by atoms with Gasteiger partial charge in [-0.1, -0.05) is 72.8 Å². The normalized spacial score (nSPS) is 11.8. The van der Waals surface area contributed by atoms with Crippen LogP contribution in [0.1, 0.15) is 39.5 Å². The quantitative estimate of drug-likeness (QED) is 0.585. The molecule has 2 heteroatoms. The number of Topliss-reactive ketones (excluding diaryl/α,β-unsaturated/α-hetero) is 1. The standard InChI is InChI=1S/C23H23NO/c1-17-10-9-15-21(18(17)2)24-22(19-11-5-3-6-12-19)16-23(25)20-13-7-4-8-14-20/h3-15,22,24H,16H2,1-2H3/t22-/m0/s1. The molecule has 1 N–H and O–H groups in total. The van der Waals surface area contributed by atoms with Crippen LogP contribution in [0.5, 0.6) is 0 Å². The molecular formula is C23H23NO. The van der Waals surface area contributed by atoms with Gasteiger partial charge in [-0.2, -0.15) is 0 Å². The van der Waals surface area contributed by atoms with Crippen molar-refractivity contribution in [1.82, 2.24) is 0 Å². The Morgan fingerprint density at radius 3 is 2.16 bits per heavy atom. The van der Waals surface area contributed by atoms with E-state index in [4.69, 9.17) is 0 Å². The largest absolute Gasteiger partial charge is 0.378 e. The summed E-state index contributed by atoms with van der Waals surface area (Å²) >= 11 is 0. The molecule has 0 aliphatic rings. The van der Waals surface area contributed by atoms with Crippen molar-refractivity contribution in [1.29, 1.82) is 0 Å². The fourth-order valence-electron chi connectivity index (χ4n) is 2.96. The molecule has 0 heterocycles. The number of ketones is 1. The molecule has 3 rings (SSSR count). The van der Waals surface area contributed by atoms with E-state index >= 15 is 0 Å². The molecule has 0 aliphatic carbocycles. The van der Waals surface area contributed by atoms with Gasteiger partial charge in [0.1, 0.15) is 0 Å². The molecule has 0 spiro atoms.